The third-order valence-electron chi connectivity index (χ3n) is 3.44. The standard InChI is InChI=1S/C19H18Cl2N2O4/c1-11-5-12(2)7-14(6-11)23-17(24)10-27-18(25)9-22-19(26)13-3-4-15(20)16(21)8-13/h3-8H,9-10H2,1-2H3,(H,22,26)(H,23,24). The Morgan fingerprint density at radius 3 is 2.26 bits per heavy atom. The summed E-state index contributed by atoms with van der Waals surface area (Å²) in [5.41, 5.74) is 2.89. The molecule has 0 aromatic heterocycles. The van der Waals surface area contributed by atoms with E-state index in [0.717, 1.165) is 11.1 Å². The molecule has 2 aromatic rings. The zero-order valence-electron chi connectivity index (χ0n) is 14.8. The molecule has 0 aliphatic carbocycles. The number of hydrogen-bond acceptors (Lipinski definition) is 4. The van der Waals surface area contributed by atoms with Gasteiger partial charge in [0, 0.05) is 11.3 Å². The van der Waals surface area contributed by atoms with Gasteiger partial charge in [-0.3, -0.25) is 14.4 Å². The predicted molar refractivity (Wildman–Crippen MR) is 104 cm³/mol. The lowest BCUT2D eigenvalue weighted by Crippen LogP contribution is -2.32. The summed E-state index contributed by atoms with van der Waals surface area (Å²) >= 11 is 11.6. The van der Waals surface area contributed by atoms with Crippen molar-refractivity contribution in [3.63, 3.8) is 0 Å². The van der Waals surface area contributed by atoms with Gasteiger partial charge in [0.1, 0.15) is 6.54 Å². The number of carbonyl (C=O) groups is 3. The van der Waals surface area contributed by atoms with Gasteiger partial charge in [0.2, 0.25) is 0 Å². The maximum absolute atomic E-state index is 12.0. The van der Waals surface area contributed by atoms with Crippen molar-refractivity contribution in [1.29, 1.82) is 0 Å². The lowest BCUT2D eigenvalue weighted by atomic mass is 10.1. The number of anilines is 1. The van der Waals surface area contributed by atoms with E-state index in [1.165, 1.54) is 18.2 Å². The molecule has 2 rings (SSSR count). The summed E-state index contributed by atoms with van der Waals surface area (Å²) in [5.74, 6) is -1.71. The Labute approximate surface area is 166 Å². The van der Waals surface area contributed by atoms with Crippen LogP contribution in [0.15, 0.2) is 36.4 Å². The summed E-state index contributed by atoms with van der Waals surface area (Å²) < 4.78 is 4.85. The molecule has 0 radical (unpaired) electrons. The third kappa shape index (κ3) is 6.58. The SMILES string of the molecule is Cc1cc(C)cc(NC(=O)COC(=O)CNC(=O)c2ccc(Cl)c(Cl)c2)c1. The molecule has 0 aliphatic rings. The fourth-order valence-electron chi connectivity index (χ4n) is 2.33. The minimum Gasteiger partial charge on any atom is -0.454 e. The second-order valence-corrected chi connectivity index (χ2v) is 6.71. The molecule has 0 fully saturated rings. The molecule has 6 nitrogen and oxygen atoms in total. The lowest BCUT2D eigenvalue weighted by molar-refractivity contribution is -0.146. The van der Waals surface area contributed by atoms with Gasteiger partial charge in [-0.05, 0) is 55.3 Å². The Bertz CT molecular complexity index is 864. The highest BCUT2D eigenvalue weighted by atomic mass is 35.5. The van der Waals surface area contributed by atoms with Gasteiger partial charge >= 0.3 is 5.97 Å². The van der Waals surface area contributed by atoms with Crippen molar-refractivity contribution in [3.8, 4) is 0 Å². The van der Waals surface area contributed by atoms with Crippen molar-refractivity contribution in [3.05, 3.63) is 63.1 Å². The molecular formula is C19H18Cl2N2O4. The van der Waals surface area contributed by atoms with Crippen LogP contribution in [0.2, 0.25) is 10.0 Å². The Kier molecular flexibility index (Phi) is 7.21. The average Bonchev–Trinajstić information content (AvgIpc) is 2.59. The van der Waals surface area contributed by atoms with Crippen LogP contribution >= 0.6 is 23.2 Å². The molecule has 27 heavy (non-hydrogen) atoms. The molecule has 2 amide bonds. The molecule has 0 aliphatic heterocycles. The maximum Gasteiger partial charge on any atom is 0.325 e. The summed E-state index contributed by atoms with van der Waals surface area (Å²) in [4.78, 5) is 35.5. The van der Waals surface area contributed by atoms with Crippen molar-refractivity contribution in [2.75, 3.05) is 18.5 Å². The zero-order valence-corrected chi connectivity index (χ0v) is 16.3. The Morgan fingerprint density at radius 1 is 0.963 bits per heavy atom. The fourth-order valence-corrected chi connectivity index (χ4v) is 2.63. The van der Waals surface area contributed by atoms with E-state index in [9.17, 15) is 14.4 Å². The third-order valence-corrected chi connectivity index (χ3v) is 4.18. The molecule has 0 bridgehead atoms. The van der Waals surface area contributed by atoms with Crippen LogP contribution in [0.25, 0.3) is 0 Å². The molecule has 0 spiro atoms. The first kappa shape index (κ1) is 20.7. The number of hydrogen-bond donors (Lipinski definition) is 2. The van der Waals surface area contributed by atoms with Crippen LogP contribution in [0.3, 0.4) is 0 Å². The van der Waals surface area contributed by atoms with E-state index in [4.69, 9.17) is 27.9 Å². The molecule has 0 saturated heterocycles. The first-order valence-corrected chi connectivity index (χ1v) is 8.77. The quantitative estimate of drug-likeness (QED) is 0.716. The molecule has 2 aromatic carbocycles. The van der Waals surface area contributed by atoms with Crippen LogP contribution < -0.4 is 10.6 Å². The van der Waals surface area contributed by atoms with Gasteiger partial charge in [0.05, 0.1) is 10.0 Å². The van der Waals surface area contributed by atoms with Crippen molar-refractivity contribution in [2.24, 2.45) is 0 Å². The van der Waals surface area contributed by atoms with Gasteiger partial charge in [-0.15, -0.1) is 0 Å². The first-order valence-electron chi connectivity index (χ1n) is 8.01. The number of halogens is 2. The normalized spacial score (nSPS) is 10.2. The fraction of sp³-hybridized carbons (Fsp3) is 0.211. The second-order valence-electron chi connectivity index (χ2n) is 5.90. The summed E-state index contributed by atoms with van der Waals surface area (Å²) in [6.45, 7) is 3.00. The first-order chi connectivity index (χ1) is 12.7. The molecular weight excluding hydrogens is 391 g/mol. The van der Waals surface area contributed by atoms with Gasteiger partial charge in [-0.25, -0.2) is 0 Å². The summed E-state index contributed by atoms with van der Waals surface area (Å²) in [5, 5.41) is 5.59. The van der Waals surface area contributed by atoms with Crippen LogP contribution in [0.1, 0.15) is 21.5 Å². The topological polar surface area (TPSA) is 84.5 Å². The molecule has 2 N–H and O–H groups in total. The molecule has 0 saturated carbocycles. The zero-order chi connectivity index (χ0) is 20.0. The summed E-state index contributed by atoms with van der Waals surface area (Å²) in [7, 11) is 0. The second kappa shape index (κ2) is 9.39. The van der Waals surface area contributed by atoms with E-state index < -0.39 is 24.4 Å². The van der Waals surface area contributed by atoms with Crippen molar-refractivity contribution >= 4 is 46.7 Å². The summed E-state index contributed by atoms with van der Waals surface area (Å²) in [6.07, 6.45) is 0. The van der Waals surface area contributed by atoms with Crippen molar-refractivity contribution in [2.45, 2.75) is 13.8 Å². The van der Waals surface area contributed by atoms with Crippen molar-refractivity contribution in [1.82, 2.24) is 5.32 Å². The van der Waals surface area contributed by atoms with E-state index in [1.807, 2.05) is 32.0 Å². The molecule has 0 heterocycles. The highest BCUT2D eigenvalue weighted by Gasteiger charge is 2.12. The van der Waals surface area contributed by atoms with Crippen LogP contribution in [0.4, 0.5) is 5.69 Å². The summed E-state index contributed by atoms with van der Waals surface area (Å²) in [6, 6.07) is 9.95. The largest absolute Gasteiger partial charge is 0.454 e. The highest BCUT2D eigenvalue weighted by Crippen LogP contribution is 2.22. The van der Waals surface area contributed by atoms with Gasteiger partial charge in [0.15, 0.2) is 6.61 Å². The minimum absolute atomic E-state index is 0.231. The number of rotatable bonds is 6. The van der Waals surface area contributed by atoms with Crippen LogP contribution in [0.5, 0.6) is 0 Å². The molecule has 0 unspecified atom stereocenters. The van der Waals surface area contributed by atoms with E-state index in [2.05, 4.69) is 10.6 Å². The number of esters is 1. The number of benzene rings is 2. The van der Waals surface area contributed by atoms with E-state index in [0.29, 0.717) is 10.7 Å². The minimum atomic E-state index is -0.737. The number of carbonyl (C=O) groups excluding carboxylic acids is 3. The van der Waals surface area contributed by atoms with Crippen molar-refractivity contribution < 1.29 is 19.1 Å². The van der Waals surface area contributed by atoms with Gasteiger partial charge < -0.3 is 15.4 Å². The maximum atomic E-state index is 12.0. The number of aryl methyl sites for hydroxylation is 2. The average molecular weight is 409 g/mol. The number of nitrogens with one attached hydrogen (secondary N) is 2. The van der Waals surface area contributed by atoms with Crippen LogP contribution in [-0.2, 0) is 14.3 Å². The van der Waals surface area contributed by atoms with Gasteiger partial charge in [0.25, 0.3) is 11.8 Å². The predicted octanol–water partition coefficient (Wildman–Crippen LogP) is 3.52. The van der Waals surface area contributed by atoms with E-state index in [-0.39, 0.29) is 17.1 Å². The molecule has 0 atom stereocenters. The number of ether oxygens (including phenoxy) is 1. The van der Waals surface area contributed by atoms with Crippen LogP contribution in [0, 0.1) is 13.8 Å². The number of amides is 2. The highest BCUT2D eigenvalue weighted by molar-refractivity contribution is 6.42. The smallest absolute Gasteiger partial charge is 0.325 e. The lowest BCUT2D eigenvalue weighted by Gasteiger charge is -2.09. The van der Waals surface area contributed by atoms with Gasteiger partial charge in [-0.1, -0.05) is 29.3 Å². The molecule has 142 valence electrons. The Hall–Kier alpha value is -2.57. The van der Waals surface area contributed by atoms with Crippen LogP contribution in [-0.4, -0.2) is 30.9 Å². The van der Waals surface area contributed by atoms with E-state index in [1.54, 1.807) is 0 Å². The van der Waals surface area contributed by atoms with E-state index >= 15 is 0 Å². The monoisotopic (exact) mass is 408 g/mol. The van der Waals surface area contributed by atoms with Gasteiger partial charge in [-0.2, -0.15) is 0 Å². The Balaban J connectivity index is 1.77. The molecule has 8 heteroatoms. The Morgan fingerprint density at radius 2 is 1.63 bits per heavy atom.